The molecule has 0 aliphatic heterocycles. The van der Waals surface area contributed by atoms with Crippen LogP contribution in [0.3, 0.4) is 0 Å². The Balaban J connectivity index is 2.32. The Morgan fingerprint density at radius 3 is 2.56 bits per heavy atom. The van der Waals surface area contributed by atoms with E-state index >= 15 is 0 Å². The minimum atomic E-state index is 0.0673. The third-order valence-corrected chi connectivity index (χ3v) is 2.40. The number of hydrogen-bond donors (Lipinski definition) is 1. The van der Waals surface area contributed by atoms with Crippen molar-refractivity contribution in [3.8, 4) is 5.75 Å². The average Bonchev–Trinajstić information content (AvgIpc) is 2.35. The first-order chi connectivity index (χ1) is 7.83. The van der Waals surface area contributed by atoms with Crippen LogP contribution in [0.5, 0.6) is 5.75 Å². The van der Waals surface area contributed by atoms with Crippen molar-refractivity contribution in [2.24, 2.45) is 0 Å². The summed E-state index contributed by atoms with van der Waals surface area (Å²) in [6.07, 6.45) is 0. The van der Waals surface area contributed by atoms with Crippen molar-refractivity contribution in [1.82, 2.24) is 0 Å². The molecule has 84 valence electrons. The highest BCUT2D eigenvalue weighted by atomic mass is 16.7. The first-order valence-electron chi connectivity index (χ1n) is 5.09. The predicted octanol–water partition coefficient (Wildman–Crippen LogP) is 2.31. The number of rotatable bonds is 4. The molecule has 0 amide bonds. The summed E-state index contributed by atoms with van der Waals surface area (Å²) in [4.78, 5) is 0. The van der Waals surface area contributed by atoms with Crippen LogP contribution in [-0.2, 0) is 11.3 Å². The second kappa shape index (κ2) is 4.96. The molecule has 1 N–H and O–H groups in total. The minimum absolute atomic E-state index is 0.0673. The lowest BCUT2D eigenvalue weighted by Gasteiger charge is -2.06. The van der Waals surface area contributed by atoms with Crippen molar-refractivity contribution in [1.29, 1.82) is 0 Å². The molecule has 2 aromatic rings. The zero-order chi connectivity index (χ0) is 11.4. The highest BCUT2D eigenvalue weighted by Crippen LogP contribution is 2.22. The van der Waals surface area contributed by atoms with Crippen molar-refractivity contribution in [3.63, 3.8) is 0 Å². The summed E-state index contributed by atoms with van der Waals surface area (Å²) in [5.74, 6) is 0.783. The van der Waals surface area contributed by atoms with E-state index in [1.165, 1.54) is 0 Å². The van der Waals surface area contributed by atoms with Gasteiger partial charge in [-0.05, 0) is 34.5 Å². The number of benzene rings is 2. The van der Waals surface area contributed by atoms with Gasteiger partial charge >= 0.3 is 0 Å². The van der Waals surface area contributed by atoms with Gasteiger partial charge in [0, 0.05) is 7.11 Å². The summed E-state index contributed by atoms with van der Waals surface area (Å²) in [7, 11) is 1.59. The third kappa shape index (κ3) is 2.32. The van der Waals surface area contributed by atoms with E-state index in [2.05, 4.69) is 0 Å². The van der Waals surface area contributed by atoms with E-state index in [9.17, 15) is 0 Å². The molecule has 16 heavy (non-hydrogen) atoms. The van der Waals surface area contributed by atoms with Crippen molar-refractivity contribution in [2.45, 2.75) is 6.61 Å². The molecule has 0 radical (unpaired) electrons. The van der Waals surface area contributed by atoms with Crippen molar-refractivity contribution in [3.05, 3.63) is 42.0 Å². The fourth-order valence-corrected chi connectivity index (χ4v) is 1.59. The van der Waals surface area contributed by atoms with Gasteiger partial charge < -0.3 is 14.6 Å². The molecule has 0 fully saturated rings. The molecule has 0 saturated heterocycles. The lowest BCUT2D eigenvalue weighted by atomic mass is 10.1. The SMILES string of the molecule is COCOc1ccc2cc(CO)ccc2c1. The maximum Gasteiger partial charge on any atom is 0.188 e. The average molecular weight is 218 g/mol. The second-order valence-electron chi connectivity index (χ2n) is 3.55. The van der Waals surface area contributed by atoms with Crippen molar-refractivity contribution < 1.29 is 14.6 Å². The van der Waals surface area contributed by atoms with Crippen LogP contribution in [0.2, 0.25) is 0 Å². The van der Waals surface area contributed by atoms with E-state index in [0.29, 0.717) is 0 Å². The van der Waals surface area contributed by atoms with E-state index in [-0.39, 0.29) is 13.4 Å². The number of fused-ring (bicyclic) bond motifs is 1. The normalized spacial score (nSPS) is 10.6. The van der Waals surface area contributed by atoms with E-state index in [4.69, 9.17) is 14.6 Å². The molecule has 2 rings (SSSR count). The Morgan fingerprint density at radius 1 is 1.06 bits per heavy atom. The van der Waals surface area contributed by atoms with Crippen LogP contribution in [0.4, 0.5) is 0 Å². The van der Waals surface area contributed by atoms with Gasteiger partial charge in [-0.2, -0.15) is 0 Å². The fourth-order valence-electron chi connectivity index (χ4n) is 1.59. The van der Waals surface area contributed by atoms with Gasteiger partial charge in [-0.3, -0.25) is 0 Å². The van der Waals surface area contributed by atoms with Crippen LogP contribution in [0.25, 0.3) is 10.8 Å². The largest absolute Gasteiger partial charge is 0.468 e. The molecular weight excluding hydrogens is 204 g/mol. The van der Waals surface area contributed by atoms with Gasteiger partial charge in [0.1, 0.15) is 5.75 Å². The Morgan fingerprint density at radius 2 is 1.81 bits per heavy atom. The topological polar surface area (TPSA) is 38.7 Å². The van der Waals surface area contributed by atoms with Crippen LogP contribution in [0.15, 0.2) is 36.4 Å². The molecule has 0 saturated carbocycles. The molecule has 2 aromatic carbocycles. The lowest BCUT2D eigenvalue weighted by Crippen LogP contribution is -1.98. The van der Waals surface area contributed by atoms with Crippen LogP contribution in [-0.4, -0.2) is 19.0 Å². The molecule has 3 nitrogen and oxygen atoms in total. The standard InChI is InChI=1S/C13H14O3/c1-15-9-16-13-5-4-11-6-10(8-14)2-3-12(11)7-13/h2-7,14H,8-9H2,1H3. The smallest absolute Gasteiger partial charge is 0.188 e. The summed E-state index contributed by atoms with van der Waals surface area (Å²) in [6, 6.07) is 11.7. The Bertz CT molecular complexity index is 480. The van der Waals surface area contributed by atoms with Gasteiger partial charge in [-0.1, -0.05) is 18.2 Å². The molecule has 0 spiro atoms. The Labute approximate surface area is 94.2 Å². The fraction of sp³-hybridized carbons (Fsp3) is 0.231. The Hall–Kier alpha value is -1.58. The van der Waals surface area contributed by atoms with E-state index in [1.807, 2.05) is 36.4 Å². The first-order valence-corrected chi connectivity index (χ1v) is 5.09. The number of hydrogen-bond acceptors (Lipinski definition) is 3. The number of methoxy groups -OCH3 is 1. The molecular formula is C13H14O3. The van der Waals surface area contributed by atoms with Crippen molar-refractivity contribution in [2.75, 3.05) is 13.9 Å². The Kier molecular flexibility index (Phi) is 3.39. The van der Waals surface area contributed by atoms with Crippen LogP contribution < -0.4 is 4.74 Å². The highest BCUT2D eigenvalue weighted by Gasteiger charge is 1.98. The number of aliphatic hydroxyl groups is 1. The van der Waals surface area contributed by atoms with Crippen molar-refractivity contribution >= 4 is 10.8 Å². The van der Waals surface area contributed by atoms with E-state index in [1.54, 1.807) is 7.11 Å². The molecule has 0 aliphatic carbocycles. The molecule has 3 heteroatoms. The van der Waals surface area contributed by atoms with Gasteiger partial charge in [-0.15, -0.1) is 0 Å². The number of ether oxygens (including phenoxy) is 2. The minimum Gasteiger partial charge on any atom is -0.468 e. The molecule has 0 aliphatic rings. The first kappa shape index (κ1) is 10.9. The third-order valence-electron chi connectivity index (χ3n) is 2.40. The van der Waals surface area contributed by atoms with Crippen LogP contribution in [0, 0.1) is 0 Å². The number of aliphatic hydroxyl groups excluding tert-OH is 1. The van der Waals surface area contributed by atoms with Gasteiger partial charge in [0.05, 0.1) is 6.61 Å². The van der Waals surface area contributed by atoms with Gasteiger partial charge in [0.25, 0.3) is 0 Å². The lowest BCUT2D eigenvalue weighted by molar-refractivity contribution is 0.0512. The second-order valence-corrected chi connectivity index (χ2v) is 3.55. The van der Waals surface area contributed by atoms with Crippen LogP contribution in [0.1, 0.15) is 5.56 Å². The summed E-state index contributed by atoms with van der Waals surface area (Å²) >= 11 is 0. The molecule has 0 aromatic heterocycles. The zero-order valence-corrected chi connectivity index (χ0v) is 9.14. The maximum atomic E-state index is 9.03. The quantitative estimate of drug-likeness (QED) is 0.800. The monoisotopic (exact) mass is 218 g/mol. The van der Waals surface area contributed by atoms with Gasteiger partial charge in [-0.25, -0.2) is 0 Å². The summed E-state index contributed by atoms with van der Waals surface area (Å²) in [5.41, 5.74) is 0.915. The zero-order valence-electron chi connectivity index (χ0n) is 9.14. The molecule has 0 heterocycles. The van der Waals surface area contributed by atoms with E-state index in [0.717, 1.165) is 22.1 Å². The molecule has 0 bridgehead atoms. The summed E-state index contributed by atoms with van der Waals surface area (Å²) in [5, 5.41) is 11.2. The van der Waals surface area contributed by atoms with Gasteiger partial charge in [0.15, 0.2) is 6.79 Å². The highest BCUT2D eigenvalue weighted by molar-refractivity contribution is 5.84. The van der Waals surface area contributed by atoms with Gasteiger partial charge in [0.2, 0.25) is 0 Å². The van der Waals surface area contributed by atoms with E-state index < -0.39 is 0 Å². The van der Waals surface area contributed by atoms with Crippen LogP contribution >= 0.6 is 0 Å². The maximum absolute atomic E-state index is 9.03. The summed E-state index contributed by atoms with van der Waals surface area (Å²) < 4.78 is 10.2. The molecule has 0 unspecified atom stereocenters. The predicted molar refractivity (Wildman–Crippen MR) is 62.4 cm³/mol. The molecule has 0 atom stereocenters. The summed E-state index contributed by atoms with van der Waals surface area (Å²) in [6.45, 7) is 0.318.